The van der Waals surface area contributed by atoms with Crippen LogP contribution >= 0.6 is 0 Å². The zero-order valence-electron chi connectivity index (χ0n) is 6.22. The van der Waals surface area contributed by atoms with Crippen LogP contribution < -0.4 is 0 Å². The average molecular weight is 156 g/mol. The van der Waals surface area contributed by atoms with E-state index >= 15 is 0 Å². The molecule has 0 saturated heterocycles. The van der Waals surface area contributed by atoms with Crippen LogP contribution in [0.3, 0.4) is 0 Å². The normalized spacial score (nSPS) is 10.5. The Morgan fingerprint density at radius 2 is 2.27 bits per heavy atom. The van der Waals surface area contributed by atoms with Crippen LogP contribution in [0.15, 0.2) is 0 Å². The third kappa shape index (κ3) is 1.34. The largest absolute Gasteiger partial charge is 0.463 e. The summed E-state index contributed by atoms with van der Waals surface area (Å²) in [5, 5.41) is 18.6. The van der Waals surface area contributed by atoms with Gasteiger partial charge in [-0.15, -0.1) is 9.78 Å². The zero-order valence-corrected chi connectivity index (χ0v) is 6.22. The molecule has 0 spiro atoms. The molecule has 1 rings (SSSR count). The molecule has 0 bridgehead atoms. The fraction of sp³-hybridized carbons (Fsp3) is 0.600. The summed E-state index contributed by atoms with van der Waals surface area (Å²) >= 11 is 0. The number of carboxylic acid groups (broad SMARTS) is 1. The van der Waals surface area contributed by atoms with Crippen molar-refractivity contribution in [3.8, 4) is 0 Å². The molecule has 1 aromatic heterocycles. The van der Waals surface area contributed by atoms with Crippen LogP contribution in [0, 0.1) is 0 Å². The molecule has 0 saturated carbocycles. The first-order chi connectivity index (χ1) is 5.13. The van der Waals surface area contributed by atoms with Crippen molar-refractivity contribution in [3.63, 3.8) is 0 Å². The second kappa shape index (κ2) is 2.65. The second-order valence-corrected chi connectivity index (χ2v) is 2.39. The van der Waals surface area contributed by atoms with E-state index in [1.807, 2.05) is 13.8 Å². The predicted octanol–water partition coefficient (Wildman–Crippen LogP) is 0.323. The monoisotopic (exact) mass is 156 g/mol. The fourth-order valence-electron chi connectivity index (χ4n) is 0.690. The van der Waals surface area contributed by atoms with E-state index in [0.717, 1.165) is 4.68 Å². The Bertz CT molecular complexity index is 267. The Kier molecular flexibility index (Phi) is 1.84. The quantitative estimate of drug-likeness (QED) is 0.592. The molecular weight excluding hydrogens is 148 g/mol. The molecule has 0 aromatic carbocycles. The van der Waals surface area contributed by atoms with E-state index < -0.39 is 6.09 Å². The molecule has 0 aliphatic rings. The van der Waals surface area contributed by atoms with Gasteiger partial charge in [0.25, 0.3) is 0 Å². The summed E-state index contributed by atoms with van der Waals surface area (Å²) < 4.78 is 0.769. The summed E-state index contributed by atoms with van der Waals surface area (Å²) in [6.45, 7) is 3.65. The number of nitrogens with zero attached hydrogens (tertiary/aromatic N) is 4. The van der Waals surface area contributed by atoms with Gasteiger partial charge < -0.3 is 5.11 Å². The number of tetrazole rings is 1. The summed E-state index contributed by atoms with van der Waals surface area (Å²) in [6.07, 6.45) is -1.15. The summed E-state index contributed by atoms with van der Waals surface area (Å²) in [5.74, 6) is 0.374. The molecule has 0 amide bonds. The molecule has 0 fully saturated rings. The summed E-state index contributed by atoms with van der Waals surface area (Å²) in [5.41, 5.74) is 0. The van der Waals surface area contributed by atoms with Crippen molar-refractivity contribution in [2.75, 3.05) is 0 Å². The Morgan fingerprint density at radius 3 is 2.64 bits per heavy atom. The molecule has 11 heavy (non-hydrogen) atoms. The third-order valence-corrected chi connectivity index (χ3v) is 1.19. The number of hydrogen-bond acceptors (Lipinski definition) is 4. The van der Waals surface area contributed by atoms with Crippen LogP contribution in [0.5, 0.6) is 0 Å². The van der Waals surface area contributed by atoms with Gasteiger partial charge in [0.15, 0.2) is 5.82 Å². The lowest BCUT2D eigenvalue weighted by atomic mass is 10.2. The summed E-state index contributed by atoms with van der Waals surface area (Å²) in [7, 11) is 0. The van der Waals surface area contributed by atoms with Crippen molar-refractivity contribution in [1.29, 1.82) is 0 Å². The van der Waals surface area contributed by atoms with Crippen molar-refractivity contribution in [2.24, 2.45) is 0 Å². The van der Waals surface area contributed by atoms with Crippen molar-refractivity contribution in [3.05, 3.63) is 5.82 Å². The van der Waals surface area contributed by atoms with Crippen LogP contribution in [-0.4, -0.2) is 31.4 Å². The van der Waals surface area contributed by atoms with Crippen molar-refractivity contribution < 1.29 is 9.90 Å². The number of hydrogen-bond donors (Lipinski definition) is 1. The van der Waals surface area contributed by atoms with Crippen molar-refractivity contribution in [1.82, 2.24) is 20.2 Å². The second-order valence-electron chi connectivity index (χ2n) is 2.39. The molecule has 1 aromatic rings. The molecule has 60 valence electrons. The Hall–Kier alpha value is -1.46. The fourth-order valence-corrected chi connectivity index (χ4v) is 0.690. The average Bonchev–Trinajstić information content (AvgIpc) is 2.32. The van der Waals surface area contributed by atoms with E-state index in [1.54, 1.807) is 0 Å². The lowest BCUT2D eigenvalue weighted by Crippen LogP contribution is -2.14. The van der Waals surface area contributed by atoms with Gasteiger partial charge in [0.2, 0.25) is 0 Å². The molecule has 0 radical (unpaired) electrons. The van der Waals surface area contributed by atoms with Crippen LogP contribution in [0.2, 0.25) is 0 Å². The molecule has 0 atom stereocenters. The minimum absolute atomic E-state index is 0.0149. The lowest BCUT2D eigenvalue weighted by Gasteiger charge is -1.99. The van der Waals surface area contributed by atoms with Gasteiger partial charge in [-0.25, -0.2) is 4.79 Å². The van der Waals surface area contributed by atoms with Gasteiger partial charge in [-0.2, -0.15) is 0 Å². The maximum absolute atomic E-state index is 10.4. The van der Waals surface area contributed by atoms with E-state index in [-0.39, 0.29) is 5.92 Å². The highest BCUT2D eigenvalue weighted by Gasteiger charge is 2.14. The van der Waals surface area contributed by atoms with Gasteiger partial charge in [-0.1, -0.05) is 13.8 Å². The maximum Gasteiger partial charge on any atom is 0.435 e. The lowest BCUT2D eigenvalue weighted by molar-refractivity contribution is 0.190. The zero-order chi connectivity index (χ0) is 8.43. The van der Waals surface area contributed by atoms with E-state index in [9.17, 15) is 4.79 Å². The highest BCUT2D eigenvalue weighted by Crippen LogP contribution is 2.07. The number of aromatic nitrogens is 4. The molecule has 0 aliphatic carbocycles. The van der Waals surface area contributed by atoms with Crippen LogP contribution in [0.1, 0.15) is 25.6 Å². The van der Waals surface area contributed by atoms with Crippen LogP contribution in [0.4, 0.5) is 4.79 Å². The van der Waals surface area contributed by atoms with Gasteiger partial charge in [0.05, 0.1) is 0 Å². The first kappa shape index (κ1) is 7.64. The topological polar surface area (TPSA) is 80.9 Å². The van der Waals surface area contributed by atoms with Crippen molar-refractivity contribution >= 4 is 6.09 Å². The molecule has 6 heteroatoms. The van der Waals surface area contributed by atoms with E-state index in [1.165, 1.54) is 0 Å². The summed E-state index contributed by atoms with van der Waals surface area (Å²) in [6, 6.07) is 0. The Morgan fingerprint density at radius 1 is 1.64 bits per heavy atom. The van der Waals surface area contributed by atoms with Gasteiger partial charge >= 0.3 is 6.09 Å². The predicted molar refractivity (Wildman–Crippen MR) is 35.3 cm³/mol. The van der Waals surface area contributed by atoms with Gasteiger partial charge in [0.1, 0.15) is 0 Å². The third-order valence-electron chi connectivity index (χ3n) is 1.19. The van der Waals surface area contributed by atoms with E-state index in [4.69, 9.17) is 5.11 Å². The van der Waals surface area contributed by atoms with Crippen LogP contribution in [-0.2, 0) is 0 Å². The van der Waals surface area contributed by atoms with Crippen LogP contribution in [0.25, 0.3) is 0 Å². The first-order valence-electron chi connectivity index (χ1n) is 3.14. The molecule has 6 nitrogen and oxygen atoms in total. The standard InChI is InChI=1S/C5H8N4O2/c1-3(2)4-6-7-8-9(4)5(10)11/h3H,1-2H3,(H,10,11). The van der Waals surface area contributed by atoms with Gasteiger partial charge in [-0.3, -0.25) is 0 Å². The first-order valence-corrected chi connectivity index (χ1v) is 3.14. The SMILES string of the molecule is CC(C)c1nnnn1C(=O)O. The molecule has 0 aliphatic heterocycles. The number of carbonyl (C=O) groups is 1. The maximum atomic E-state index is 10.4. The Balaban J connectivity index is 3.06. The Labute approximate surface area is 62.8 Å². The summed E-state index contributed by atoms with van der Waals surface area (Å²) in [4.78, 5) is 10.4. The van der Waals surface area contributed by atoms with Gasteiger partial charge in [0, 0.05) is 5.92 Å². The van der Waals surface area contributed by atoms with E-state index in [0.29, 0.717) is 5.82 Å². The molecular formula is C5H8N4O2. The highest BCUT2D eigenvalue weighted by atomic mass is 16.4. The number of rotatable bonds is 1. The van der Waals surface area contributed by atoms with Crippen molar-refractivity contribution in [2.45, 2.75) is 19.8 Å². The molecule has 0 unspecified atom stereocenters. The smallest absolute Gasteiger partial charge is 0.435 e. The molecule has 1 N–H and O–H groups in total. The minimum Gasteiger partial charge on any atom is -0.463 e. The minimum atomic E-state index is -1.15. The molecule has 1 heterocycles. The highest BCUT2D eigenvalue weighted by molar-refractivity contribution is 5.67. The van der Waals surface area contributed by atoms with E-state index in [2.05, 4.69) is 15.5 Å². The van der Waals surface area contributed by atoms with Gasteiger partial charge in [-0.05, 0) is 10.4 Å².